The van der Waals surface area contributed by atoms with E-state index in [0.717, 1.165) is 51.4 Å². The van der Waals surface area contributed by atoms with Crippen LogP contribution in [0.3, 0.4) is 0 Å². The minimum atomic E-state index is -0.379. The van der Waals surface area contributed by atoms with Gasteiger partial charge < -0.3 is 4.90 Å². The van der Waals surface area contributed by atoms with Crippen LogP contribution in [0.15, 0.2) is 11.1 Å². The lowest BCUT2D eigenvalue weighted by Gasteiger charge is -2.42. The highest BCUT2D eigenvalue weighted by Crippen LogP contribution is 2.39. The first kappa shape index (κ1) is 19.9. The number of halogens is 1. The maximum Gasteiger partial charge on any atom is 0.243 e. The number of imide groups is 1. The van der Waals surface area contributed by atoms with Crippen LogP contribution in [0.2, 0.25) is 0 Å². The summed E-state index contributed by atoms with van der Waals surface area (Å²) in [6.45, 7) is -0.0880. The van der Waals surface area contributed by atoms with Gasteiger partial charge in [0.05, 0.1) is 11.8 Å². The molecule has 4 aliphatic rings. The Kier molecular flexibility index (Phi) is 6.10. The van der Waals surface area contributed by atoms with Gasteiger partial charge >= 0.3 is 0 Å². The SMILES string of the molecule is O=C1C2CC=C(Cl)CC2C(=O)N1CC(=O)N(C1CCCCC1)C1CCCCC1. The maximum atomic E-state index is 13.4. The number of rotatable bonds is 4. The Labute approximate surface area is 172 Å². The molecule has 1 aliphatic heterocycles. The van der Waals surface area contributed by atoms with Crippen LogP contribution in [0.5, 0.6) is 0 Å². The molecule has 2 atom stereocenters. The van der Waals surface area contributed by atoms with Gasteiger partial charge in [-0.05, 0) is 38.5 Å². The van der Waals surface area contributed by atoms with Gasteiger partial charge in [-0.3, -0.25) is 19.3 Å². The third kappa shape index (κ3) is 3.87. The van der Waals surface area contributed by atoms with E-state index in [0.29, 0.717) is 17.9 Å². The lowest BCUT2D eigenvalue weighted by Crippen LogP contribution is -2.52. The van der Waals surface area contributed by atoms with Crippen molar-refractivity contribution in [3.8, 4) is 0 Å². The molecule has 0 spiro atoms. The normalized spacial score (nSPS) is 29.6. The van der Waals surface area contributed by atoms with Crippen molar-refractivity contribution in [2.45, 2.75) is 89.1 Å². The predicted molar refractivity (Wildman–Crippen MR) is 107 cm³/mol. The summed E-state index contributed by atoms with van der Waals surface area (Å²) in [6.07, 6.45) is 14.1. The molecule has 1 saturated heterocycles. The van der Waals surface area contributed by atoms with Gasteiger partial charge in [-0.15, -0.1) is 0 Å². The molecular formula is C22H31ClN2O3. The highest BCUT2D eigenvalue weighted by atomic mass is 35.5. The molecule has 3 fully saturated rings. The number of carbonyl (C=O) groups is 3. The van der Waals surface area contributed by atoms with Gasteiger partial charge in [0.15, 0.2) is 0 Å². The van der Waals surface area contributed by atoms with Crippen LogP contribution in [0.4, 0.5) is 0 Å². The Hall–Kier alpha value is -1.36. The Balaban J connectivity index is 1.49. The van der Waals surface area contributed by atoms with Crippen LogP contribution < -0.4 is 0 Å². The molecule has 3 amide bonds. The predicted octanol–water partition coefficient (Wildman–Crippen LogP) is 4.00. The minimum Gasteiger partial charge on any atom is -0.335 e. The number of likely N-dealkylation sites (tertiary alicyclic amines) is 1. The molecule has 154 valence electrons. The first-order chi connectivity index (χ1) is 13.6. The van der Waals surface area contributed by atoms with Gasteiger partial charge in [0.2, 0.25) is 17.7 Å². The van der Waals surface area contributed by atoms with Gasteiger partial charge in [-0.2, -0.15) is 0 Å². The van der Waals surface area contributed by atoms with Gasteiger partial charge in [-0.25, -0.2) is 0 Å². The van der Waals surface area contributed by atoms with E-state index in [1.807, 2.05) is 6.08 Å². The molecule has 0 bridgehead atoms. The molecule has 0 aromatic carbocycles. The van der Waals surface area contributed by atoms with E-state index < -0.39 is 0 Å². The third-order valence-electron chi connectivity index (χ3n) is 7.18. The number of fused-ring (bicyclic) bond motifs is 1. The first-order valence-electron chi connectivity index (χ1n) is 11.1. The lowest BCUT2D eigenvalue weighted by atomic mass is 9.85. The quantitative estimate of drug-likeness (QED) is 0.663. The smallest absolute Gasteiger partial charge is 0.243 e. The molecular weight excluding hydrogens is 376 g/mol. The Morgan fingerprint density at radius 1 is 0.929 bits per heavy atom. The van der Waals surface area contributed by atoms with E-state index in [1.165, 1.54) is 17.7 Å². The molecule has 0 radical (unpaired) electrons. The van der Waals surface area contributed by atoms with Crippen molar-refractivity contribution in [3.63, 3.8) is 0 Å². The average molecular weight is 407 g/mol. The summed E-state index contributed by atoms with van der Waals surface area (Å²) in [4.78, 5) is 42.4. The summed E-state index contributed by atoms with van der Waals surface area (Å²) in [6, 6.07) is 0.547. The molecule has 0 aromatic rings. The minimum absolute atomic E-state index is 0.0294. The van der Waals surface area contributed by atoms with E-state index in [2.05, 4.69) is 4.90 Å². The molecule has 28 heavy (non-hydrogen) atoms. The Morgan fingerprint density at radius 3 is 2.04 bits per heavy atom. The zero-order valence-corrected chi connectivity index (χ0v) is 17.3. The van der Waals surface area contributed by atoms with E-state index in [1.54, 1.807) is 0 Å². The summed E-state index contributed by atoms with van der Waals surface area (Å²) in [7, 11) is 0. The van der Waals surface area contributed by atoms with Gasteiger partial charge in [0.25, 0.3) is 0 Å². The van der Waals surface area contributed by atoms with Gasteiger partial charge in [-0.1, -0.05) is 56.2 Å². The van der Waals surface area contributed by atoms with E-state index in [4.69, 9.17) is 11.6 Å². The fourth-order valence-corrected chi connectivity index (χ4v) is 5.95. The number of hydrogen-bond acceptors (Lipinski definition) is 3. The molecule has 5 nitrogen and oxygen atoms in total. The Morgan fingerprint density at radius 2 is 1.46 bits per heavy atom. The van der Waals surface area contributed by atoms with Crippen molar-refractivity contribution in [3.05, 3.63) is 11.1 Å². The van der Waals surface area contributed by atoms with Crippen molar-refractivity contribution in [1.29, 1.82) is 0 Å². The molecule has 0 aromatic heterocycles. The van der Waals surface area contributed by atoms with Crippen LogP contribution in [-0.2, 0) is 14.4 Å². The zero-order valence-electron chi connectivity index (χ0n) is 16.6. The fraction of sp³-hybridized carbons (Fsp3) is 0.773. The van der Waals surface area contributed by atoms with Gasteiger partial charge in [0.1, 0.15) is 6.54 Å². The van der Waals surface area contributed by atoms with Crippen LogP contribution >= 0.6 is 11.6 Å². The first-order valence-corrected chi connectivity index (χ1v) is 11.4. The van der Waals surface area contributed by atoms with Crippen LogP contribution in [0, 0.1) is 11.8 Å². The van der Waals surface area contributed by atoms with E-state index >= 15 is 0 Å². The second kappa shape index (κ2) is 8.56. The molecule has 6 heteroatoms. The molecule has 3 aliphatic carbocycles. The Bertz CT molecular complexity index is 647. The average Bonchev–Trinajstić information content (AvgIpc) is 2.94. The molecule has 0 N–H and O–H groups in total. The summed E-state index contributed by atoms with van der Waals surface area (Å²) in [5, 5.41) is 0.654. The number of amides is 3. The number of allylic oxidation sites excluding steroid dienone is 2. The summed E-state index contributed by atoms with van der Waals surface area (Å²) < 4.78 is 0. The summed E-state index contributed by atoms with van der Waals surface area (Å²) in [5.41, 5.74) is 0. The number of nitrogens with zero attached hydrogens (tertiary/aromatic N) is 2. The number of hydrogen-bond donors (Lipinski definition) is 0. The topological polar surface area (TPSA) is 57.7 Å². The monoisotopic (exact) mass is 406 g/mol. The summed E-state index contributed by atoms with van der Waals surface area (Å²) in [5.74, 6) is -1.13. The fourth-order valence-electron chi connectivity index (χ4n) is 5.69. The third-order valence-corrected chi connectivity index (χ3v) is 7.49. The van der Waals surface area contributed by atoms with Crippen LogP contribution in [0.1, 0.15) is 77.0 Å². The van der Waals surface area contributed by atoms with Crippen molar-refractivity contribution < 1.29 is 14.4 Å². The molecule has 2 unspecified atom stereocenters. The van der Waals surface area contributed by atoms with Crippen LogP contribution in [-0.4, -0.2) is 46.1 Å². The molecule has 4 rings (SSSR count). The zero-order chi connectivity index (χ0) is 19.7. The summed E-state index contributed by atoms with van der Waals surface area (Å²) >= 11 is 6.11. The van der Waals surface area contributed by atoms with Crippen molar-refractivity contribution in [2.75, 3.05) is 6.54 Å². The van der Waals surface area contributed by atoms with Crippen molar-refractivity contribution in [1.82, 2.24) is 9.80 Å². The van der Waals surface area contributed by atoms with E-state index in [-0.39, 0.29) is 48.2 Å². The van der Waals surface area contributed by atoms with Crippen LogP contribution in [0.25, 0.3) is 0 Å². The second-order valence-electron chi connectivity index (χ2n) is 8.95. The van der Waals surface area contributed by atoms with Gasteiger partial charge in [0, 0.05) is 17.1 Å². The van der Waals surface area contributed by atoms with Crippen molar-refractivity contribution >= 4 is 29.3 Å². The number of carbonyl (C=O) groups excluding carboxylic acids is 3. The lowest BCUT2D eigenvalue weighted by molar-refractivity contribution is -0.149. The van der Waals surface area contributed by atoms with E-state index in [9.17, 15) is 14.4 Å². The standard InChI is InChI=1S/C22H31ClN2O3/c23-15-11-12-18-19(13-15)22(28)24(21(18)27)14-20(26)25(16-7-3-1-4-8-16)17-9-5-2-6-10-17/h11,16-19H,1-10,12-14H2. The van der Waals surface area contributed by atoms with Crippen molar-refractivity contribution in [2.24, 2.45) is 11.8 Å². The second-order valence-corrected chi connectivity index (χ2v) is 9.44. The maximum absolute atomic E-state index is 13.4. The molecule has 2 saturated carbocycles. The largest absolute Gasteiger partial charge is 0.335 e. The molecule has 1 heterocycles. The highest BCUT2D eigenvalue weighted by molar-refractivity contribution is 6.30. The highest BCUT2D eigenvalue weighted by Gasteiger charge is 2.49.